The van der Waals surface area contributed by atoms with E-state index in [0.717, 1.165) is 0 Å². The minimum atomic E-state index is -0.386. The first-order chi connectivity index (χ1) is 10.9. The number of hydrogen-bond acceptors (Lipinski definition) is 4. The van der Waals surface area contributed by atoms with Gasteiger partial charge in [0.25, 0.3) is 17.4 Å². The van der Waals surface area contributed by atoms with Crippen LogP contribution in [0.4, 0.5) is 0 Å². The van der Waals surface area contributed by atoms with E-state index < -0.39 is 0 Å². The summed E-state index contributed by atoms with van der Waals surface area (Å²) in [6.07, 6.45) is 0. The smallest absolute Gasteiger partial charge is 0.276 e. The molecule has 1 atom stereocenters. The second kappa shape index (κ2) is 5.22. The Morgan fingerprint density at radius 1 is 1.43 bits per heavy atom. The Kier molecular flexibility index (Phi) is 3.46. The van der Waals surface area contributed by atoms with Crippen LogP contribution in [0.25, 0.3) is 10.9 Å². The van der Waals surface area contributed by atoms with Crippen LogP contribution in [0.15, 0.2) is 10.9 Å². The van der Waals surface area contributed by atoms with Crippen molar-refractivity contribution in [2.24, 2.45) is 0 Å². The lowest BCUT2D eigenvalue weighted by Crippen LogP contribution is -2.38. The fourth-order valence-electron chi connectivity index (χ4n) is 2.93. The zero-order chi connectivity index (χ0) is 16.9. The molecule has 8 heteroatoms. The monoisotopic (exact) mass is 317 g/mol. The van der Waals surface area contributed by atoms with Gasteiger partial charge >= 0.3 is 0 Å². The Hall–Kier alpha value is -2.64. The van der Waals surface area contributed by atoms with Crippen LogP contribution in [0.2, 0.25) is 0 Å². The number of carbonyl (C=O) groups is 2. The number of hydrogen-bond donors (Lipinski definition) is 2. The van der Waals surface area contributed by atoms with Gasteiger partial charge in [-0.2, -0.15) is 5.10 Å². The van der Waals surface area contributed by atoms with Gasteiger partial charge in [-0.3, -0.25) is 14.4 Å². The first-order valence-electron chi connectivity index (χ1n) is 7.54. The quantitative estimate of drug-likeness (QED) is 0.840. The molecule has 2 aromatic rings. The number of amides is 2. The Balaban J connectivity index is 2.49. The third-order valence-electron chi connectivity index (χ3n) is 4.07. The molecule has 1 aliphatic rings. The Bertz CT molecular complexity index is 877. The van der Waals surface area contributed by atoms with E-state index in [2.05, 4.69) is 15.7 Å². The van der Waals surface area contributed by atoms with Crippen LogP contribution < -0.4 is 16.2 Å². The normalized spacial score (nSPS) is 17.3. The molecule has 0 fully saturated rings. The van der Waals surface area contributed by atoms with Crippen LogP contribution in [-0.2, 0) is 0 Å². The van der Waals surface area contributed by atoms with Gasteiger partial charge in [0.05, 0.1) is 16.9 Å². The second-order valence-electron chi connectivity index (χ2n) is 5.99. The third kappa shape index (κ3) is 2.13. The highest BCUT2D eigenvalue weighted by Gasteiger charge is 2.30. The SMILES string of the molecule is CNC(=O)c1nn(C(C)C)c(=O)c2cc3n(c12)C(C)CNC3=O. The fourth-order valence-corrected chi connectivity index (χ4v) is 2.93. The highest BCUT2D eigenvalue weighted by Crippen LogP contribution is 2.27. The highest BCUT2D eigenvalue weighted by molar-refractivity contribution is 6.07. The van der Waals surface area contributed by atoms with Crippen LogP contribution in [-0.4, -0.2) is 39.8 Å². The molecule has 0 aromatic carbocycles. The molecule has 2 aromatic heterocycles. The first kappa shape index (κ1) is 15.3. The molecule has 2 amide bonds. The van der Waals surface area contributed by atoms with E-state index in [0.29, 0.717) is 23.1 Å². The van der Waals surface area contributed by atoms with E-state index in [4.69, 9.17) is 0 Å². The Morgan fingerprint density at radius 3 is 2.74 bits per heavy atom. The summed E-state index contributed by atoms with van der Waals surface area (Å²) in [4.78, 5) is 37.1. The van der Waals surface area contributed by atoms with E-state index >= 15 is 0 Å². The number of aromatic nitrogens is 3. The number of carbonyl (C=O) groups excluding carboxylic acids is 2. The van der Waals surface area contributed by atoms with Crippen molar-refractivity contribution < 1.29 is 9.59 Å². The summed E-state index contributed by atoms with van der Waals surface area (Å²) in [6, 6.07) is 1.29. The lowest BCUT2D eigenvalue weighted by molar-refractivity contribution is 0.0915. The summed E-state index contributed by atoms with van der Waals surface area (Å²) in [5.41, 5.74) is 0.654. The molecule has 0 aliphatic carbocycles. The molecule has 23 heavy (non-hydrogen) atoms. The van der Waals surface area contributed by atoms with Crippen molar-refractivity contribution >= 4 is 22.7 Å². The molecule has 3 heterocycles. The Morgan fingerprint density at radius 2 is 2.13 bits per heavy atom. The van der Waals surface area contributed by atoms with Crippen molar-refractivity contribution in [1.82, 2.24) is 25.0 Å². The van der Waals surface area contributed by atoms with Crippen LogP contribution in [0.5, 0.6) is 0 Å². The van der Waals surface area contributed by atoms with Crippen LogP contribution in [0, 0.1) is 0 Å². The molecule has 1 unspecified atom stereocenters. The number of nitrogens with zero attached hydrogens (tertiary/aromatic N) is 3. The van der Waals surface area contributed by atoms with Crippen molar-refractivity contribution in [3.05, 3.63) is 27.8 Å². The van der Waals surface area contributed by atoms with Gasteiger partial charge < -0.3 is 15.2 Å². The van der Waals surface area contributed by atoms with Gasteiger partial charge in [-0.15, -0.1) is 0 Å². The van der Waals surface area contributed by atoms with Crippen LogP contribution in [0.3, 0.4) is 0 Å². The maximum Gasteiger partial charge on any atom is 0.276 e. The summed E-state index contributed by atoms with van der Waals surface area (Å²) in [5.74, 6) is -0.638. The minimum Gasteiger partial charge on any atom is -0.354 e. The maximum absolute atomic E-state index is 12.7. The molecular weight excluding hydrogens is 298 g/mol. The highest BCUT2D eigenvalue weighted by atomic mass is 16.2. The number of nitrogens with one attached hydrogen (secondary N) is 2. The topological polar surface area (TPSA) is 98.0 Å². The number of fused-ring (bicyclic) bond motifs is 3. The molecule has 0 spiro atoms. The largest absolute Gasteiger partial charge is 0.354 e. The standard InChI is InChI=1S/C15H19N5O3/c1-7(2)20-15(23)9-5-10-13(21)17-6-8(3)19(10)12(9)11(18-20)14(22)16-4/h5,7-8H,6H2,1-4H3,(H,16,22)(H,17,21). The summed E-state index contributed by atoms with van der Waals surface area (Å²) in [5, 5.41) is 9.92. The average molecular weight is 317 g/mol. The number of rotatable bonds is 2. The first-order valence-corrected chi connectivity index (χ1v) is 7.54. The summed E-state index contributed by atoms with van der Waals surface area (Å²) < 4.78 is 3.01. The lowest BCUT2D eigenvalue weighted by atomic mass is 10.2. The third-order valence-corrected chi connectivity index (χ3v) is 4.07. The van der Waals surface area contributed by atoms with Crippen LogP contribution >= 0.6 is 0 Å². The van der Waals surface area contributed by atoms with Crippen LogP contribution in [0.1, 0.15) is 53.8 Å². The zero-order valence-electron chi connectivity index (χ0n) is 13.5. The minimum absolute atomic E-state index is 0.0697. The summed E-state index contributed by atoms with van der Waals surface area (Å²) >= 11 is 0. The predicted molar refractivity (Wildman–Crippen MR) is 84.8 cm³/mol. The van der Waals surface area contributed by atoms with Gasteiger partial charge in [-0.1, -0.05) is 0 Å². The molecular formula is C15H19N5O3. The Labute approximate surface area is 132 Å². The molecule has 3 rings (SSSR count). The van der Waals surface area contributed by atoms with E-state index in [1.54, 1.807) is 10.6 Å². The maximum atomic E-state index is 12.7. The van der Waals surface area contributed by atoms with Crippen molar-refractivity contribution in [3.63, 3.8) is 0 Å². The van der Waals surface area contributed by atoms with E-state index in [-0.39, 0.29) is 35.2 Å². The predicted octanol–water partition coefficient (Wildman–Crippen LogP) is 0.443. The fraction of sp³-hybridized carbons (Fsp3) is 0.467. The summed E-state index contributed by atoms with van der Waals surface area (Å²) in [6.45, 7) is 6.00. The molecule has 1 aliphatic heterocycles. The average Bonchev–Trinajstić information content (AvgIpc) is 2.92. The summed E-state index contributed by atoms with van der Waals surface area (Å²) in [7, 11) is 1.51. The van der Waals surface area contributed by atoms with E-state index in [1.807, 2.05) is 20.8 Å². The van der Waals surface area contributed by atoms with Gasteiger partial charge in [0.1, 0.15) is 5.69 Å². The van der Waals surface area contributed by atoms with Gasteiger partial charge in [0.2, 0.25) is 0 Å². The molecule has 0 radical (unpaired) electrons. The van der Waals surface area contributed by atoms with E-state index in [1.165, 1.54) is 11.7 Å². The molecule has 0 saturated carbocycles. The lowest BCUT2D eigenvalue weighted by Gasteiger charge is -2.24. The van der Waals surface area contributed by atoms with Gasteiger partial charge in [0.15, 0.2) is 5.69 Å². The van der Waals surface area contributed by atoms with Crippen molar-refractivity contribution in [1.29, 1.82) is 0 Å². The van der Waals surface area contributed by atoms with E-state index in [9.17, 15) is 14.4 Å². The zero-order valence-corrected chi connectivity index (χ0v) is 13.5. The van der Waals surface area contributed by atoms with Gasteiger partial charge in [0, 0.05) is 19.6 Å². The molecule has 8 nitrogen and oxygen atoms in total. The molecule has 0 bridgehead atoms. The van der Waals surface area contributed by atoms with Crippen molar-refractivity contribution in [3.8, 4) is 0 Å². The van der Waals surface area contributed by atoms with Gasteiger partial charge in [-0.25, -0.2) is 4.68 Å². The molecule has 2 N–H and O–H groups in total. The van der Waals surface area contributed by atoms with Crippen molar-refractivity contribution in [2.75, 3.05) is 13.6 Å². The second-order valence-corrected chi connectivity index (χ2v) is 5.99. The molecule has 122 valence electrons. The van der Waals surface area contributed by atoms with Crippen molar-refractivity contribution in [2.45, 2.75) is 32.9 Å². The van der Waals surface area contributed by atoms with Gasteiger partial charge in [-0.05, 0) is 26.8 Å². The molecule has 0 saturated heterocycles.